The van der Waals surface area contributed by atoms with Crippen LogP contribution in [0.1, 0.15) is 13.8 Å². The molecule has 0 unspecified atom stereocenters. The van der Waals surface area contributed by atoms with Crippen molar-refractivity contribution < 1.29 is 8.22 Å². The monoisotopic (exact) mass is 236 g/mol. The smallest absolute Gasteiger partial charge is 0.244 e. The SMILES string of the molecule is C/C(C[Si](C)(C)F)=C(\C)C[Si](C)(C)F. The van der Waals surface area contributed by atoms with Crippen LogP contribution < -0.4 is 0 Å². The summed E-state index contributed by atoms with van der Waals surface area (Å²) in [5.74, 6) is 0. The molecule has 0 nitrogen and oxygen atoms in total. The molecule has 0 amide bonds. The maximum Gasteiger partial charge on any atom is 0.244 e. The van der Waals surface area contributed by atoms with Gasteiger partial charge in [-0.2, -0.15) is 0 Å². The van der Waals surface area contributed by atoms with Gasteiger partial charge in [-0.15, -0.1) is 0 Å². The van der Waals surface area contributed by atoms with Crippen LogP contribution in [0.2, 0.25) is 38.3 Å². The number of allylic oxidation sites excluding steroid dienone is 2. The highest BCUT2D eigenvalue weighted by atomic mass is 28.4. The minimum Gasteiger partial charge on any atom is -0.314 e. The second-order valence-corrected chi connectivity index (χ2v) is 12.9. The van der Waals surface area contributed by atoms with E-state index in [1.807, 2.05) is 13.8 Å². The van der Waals surface area contributed by atoms with E-state index in [1.54, 1.807) is 26.2 Å². The van der Waals surface area contributed by atoms with Crippen molar-refractivity contribution in [1.82, 2.24) is 0 Å². The zero-order chi connectivity index (χ0) is 11.6. The molecule has 0 aromatic heterocycles. The summed E-state index contributed by atoms with van der Waals surface area (Å²) in [7, 11) is -5.05. The van der Waals surface area contributed by atoms with E-state index in [0.29, 0.717) is 12.1 Å². The quantitative estimate of drug-likeness (QED) is 0.378. The molecular weight excluding hydrogens is 214 g/mol. The normalized spacial score (nSPS) is 15.4. The van der Waals surface area contributed by atoms with Gasteiger partial charge in [0, 0.05) is 0 Å². The highest BCUT2D eigenvalue weighted by Gasteiger charge is 2.24. The Kier molecular flexibility index (Phi) is 4.71. The first kappa shape index (κ1) is 14.0. The Labute approximate surface area is 88.8 Å². The summed E-state index contributed by atoms with van der Waals surface area (Å²) < 4.78 is 26.9. The molecule has 0 bridgehead atoms. The van der Waals surface area contributed by atoms with Crippen LogP contribution in [0, 0.1) is 0 Å². The van der Waals surface area contributed by atoms with Gasteiger partial charge in [0.25, 0.3) is 0 Å². The third-order valence-electron chi connectivity index (χ3n) is 2.10. The first-order valence-electron chi connectivity index (χ1n) is 5.04. The zero-order valence-electron chi connectivity index (χ0n) is 10.2. The molecule has 0 atom stereocenters. The van der Waals surface area contributed by atoms with Gasteiger partial charge in [0.05, 0.1) is 0 Å². The molecule has 14 heavy (non-hydrogen) atoms. The molecular formula is C10H22F2Si2. The van der Waals surface area contributed by atoms with Crippen molar-refractivity contribution in [1.29, 1.82) is 0 Å². The molecule has 0 radical (unpaired) electrons. The van der Waals surface area contributed by atoms with E-state index in [1.165, 1.54) is 0 Å². The molecule has 0 saturated carbocycles. The number of hydrogen-bond acceptors (Lipinski definition) is 0. The molecule has 0 heterocycles. The predicted molar refractivity (Wildman–Crippen MR) is 65.2 cm³/mol. The molecule has 0 fully saturated rings. The molecule has 0 aliphatic carbocycles. The lowest BCUT2D eigenvalue weighted by Crippen LogP contribution is -2.21. The molecule has 4 heteroatoms. The molecule has 0 aromatic rings. The van der Waals surface area contributed by atoms with Gasteiger partial charge in [-0.1, -0.05) is 11.1 Å². The minimum atomic E-state index is -2.52. The van der Waals surface area contributed by atoms with Crippen molar-refractivity contribution in [3.8, 4) is 0 Å². The van der Waals surface area contributed by atoms with Gasteiger partial charge >= 0.3 is 0 Å². The van der Waals surface area contributed by atoms with Crippen molar-refractivity contribution in [3.05, 3.63) is 11.1 Å². The summed E-state index contributed by atoms with van der Waals surface area (Å²) in [6, 6.07) is 1.09. The van der Waals surface area contributed by atoms with Crippen LogP contribution >= 0.6 is 0 Å². The Morgan fingerprint density at radius 3 is 1.14 bits per heavy atom. The molecule has 0 rings (SSSR count). The van der Waals surface area contributed by atoms with Gasteiger partial charge in [0.1, 0.15) is 0 Å². The van der Waals surface area contributed by atoms with Gasteiger partial charge in [-0.3, -0.25) is 0 Å². The minimum absolute atomic E-state index is 0.545. The van der Waals surface area contributed by atoms with Crippen LogP contribution in [0.5, 0.6) is 0 Å². The summed E-state index contributed by atoms with van der Waals surface area (Å²) in [6.45, 7) is 10.7. The summed E-state index contributed by atoms with van der Waals surface area (Å²) >= 11 is 0. The molecule has 0 aliphatic heterocycles. The average Bonchev–Trinajstić information content (AvgIpc) is 1.78. The van der Waals surface area contributed by atoms with Crippen LogP contribution in [0.4, 0.5) is 8.22 Å². The third kappa shape index (κ3) is 7.44. The summed E-state index contributed by atoms with van der Waals surface area (Å²) in [6.07, 6.45) is 0. The van der Waals surface area contributed by atoms with Gasteiger partial charge in [-0.05, 0) is 52.1 Å². The van der Waals surface area contributed by atoms with E-state index in [9.17, 15) is 8.22 Å². The van der Waals surface area contributed by atoms with E-state index >= 15 is 0 Å². The number of hydrogen-bond donors (Lipinski definition) is 0. The maximum atomic E-state index is 13.5. The van der Waals surface area contributed by atoms with Gasteiger partial charge in [-0.25, -0.2) is 0 Å². The maximum absolute atomic E-state index is 13.5. The summed E-state index contributed by atoms with van der Waals surface area (Å²) in [5, 5.41) is 0. The van der Waals surface area contributed by atoms with Crippen LogP contribution in [0.15, 0.2) is 11.1 Å². The fourth-order valence-corrected chi connectivity index (χ4v) is 4.69. The average molecular weight is 236 g/mol. The van der Waals surface area contributed by atoms with Crippen molar-refractivity contribution in [2.24, 2.45) is 0 Å². The van der Waals surface area contributed by atoms with Crippen molar-refractivity contribution in [2.45, 2.75) is 52.1 Å². The third-order valence-corrected chi connectivity index (χ3v) is 4.84. The largest absolute Gasteiger partial charge is 0.314 e. The Bertz CT molecular complexity index is 197. The highest BCUT2D eigenvalue weighted by Crippen LogP contribution is 2.25. The van der Waals surface area contributed by atoms with Crippen molar-refractivity contribution >= 4 is 16.8 Å². The fourth-order valence-electron chi connectivity index (χ4n) is 1.56. The zero-order valence-corrected chi connectivity index (χ0v) is 12.2. The van der Waals surface area contributed by atoms with Gasteiger partial charge in [0.2, 0.25) is 16.8 Å². The first-order chi connectivity index (χ1) is 6.01. The molecule has 0 aromatic carbocycles. The lowest BCUT2D eigenvalue weighted by molar-refractivity contribution is 0.785. The van der Waals surface area contributed by atoms with Gasteiger partial charge in [0.15, 0.2) is 0 Å². The highest BCUT2D eigenvalue weighted by molar-refractivity contribution is 6.71. The topological polar surface area (TPSA) is 0 Å². The lowest BCUT2D eigenvalue weighted by atomic mass is 10.2. The first-order valence-corrected chi connectivity index (χ1v) is 11.2. The predicted octanol–water partition coefficient (Wildman–Crippen LogP) is 4.67. The standard InChI is InChI=1S/C10H22F2Si2/c1-9(7-13(3,4)11)10(2)8-14(5,6)12/h7-8H2,1-6H3/b10-9-. The molecule has 0 spiro atoms. The van der Waals surface area contributed by atoms with E-state index in [0.717, 1.165) is 11.1 Å². The molecule has 0 aliphatic rings. The second-order valence-electron chi connectivity index (χ2n) is 5.35. The lowest BCUT2D eigenvalue weighted by Gasteiger charge is -2.17. The molecule has 0 N–H and O–H groups in total. The Morgan fingerprint density at radius 2 is 1.00 bits per heavy atom. The van der Waals surface area contributed by atoms with Crippen LogP contribution in [-0.4, -0.2) is 16.8 Å². The second kappa shape index (κ2) is 4.70. The van der Waals surface area contributed by atoms with Crippen LogP contribution in [-0.2, 0) is 0 Å². The molecule has 0 saturated heterocycles. The number of rotatable bonds is 4. The van der Waals surface area contributed by atoms with Crippen LogP contribution in [0.3, 0.4) is 0 Å². The van der Waals surface area contributed by atoms with Crippen molar-refractivity contribution in [3.63, 3.8) is 0 Å². The summed E-state index contributed by atoms with van der Waals surface area (Å²) in [4.78, 5) is 0. The fraction of sp³-hybridized carbons (Fsp3) is 0.800. The molecule has 84 valence electrons. The van der Waals surface area contributed by atoms with E-state index in [-0.39, 0.29) is 0 Å². The van der Waals surface area contributed by atoms with E-state index in [4.69, 9.17) is 0 Å². The number of halogens is 2. The van der Waals surface area contributed by atoms with Crippen LogP contribution in [0.25, 0.3) is 0 Å². The van der Waals surface area contributed by atoms with Crippen molar-refractivity contribution in [2.75, 3.05) is 0 Å². The van der Waals surface area contributed by atoms with E-state index < -0.39 is 16.8 Å². The Morgan fingerprint density at radius 1 is 0.786 bits per heavy atom. The van der Waals surface area contributed by atoms with E-state index in [2.05, 4.69) is 0 Å². The summed E-state index contributed by atoms with van der Waals surface area (Å²) in [5.41, 5.74) is 2.12. The Balaban J connectivity index is 4.45. The Hall–Kier alpha value is 0.0338. The van der Waals surface area contributed by atoms with Gasteiger partial charge < -0.3 is 8.22 Å².